The Morgan fingerprint density at radius 2 is 1.80 bits per heavy atom. The highest BCUT2D eigenvalue weighted by Gasteiger charge is 2.73. The van der Waals surface area contributed by atoms with Crippen LogP contribution in [0.15, 0.2) is 23.4 Å². The van der Waals surface area contributed by atoms with Crippen LogP contribution in [0.2, 0.25) is 0 Å². The molecule has 2 aliphatic heterocycles. The molecule has 1 aromatic heterocycles. The first-order chi connectivity index (χ1) is 16.2. The first kappa shape index (κ1) is 24.4. The van der Waals surface area contributed by atoms with Gasteiger partial charge in [-0.05, 0) is 45.9 Å². The molecule has 2 unspecified atom stereocenters. The summed E-state index contributed by atoms with van der Waals surface area (Å²) in [5.74, 6) is -3.07. The van der Waals surface area contributed by atoms with Crippen molar-refractivity contribution >= 4 is 11.7 Å². The summed E-state index contributed by atoms with van der Waals surface area (Å²) in [6.45, 7) is 6.35. The number of nitriles is 1. The first-order valence-corrected chi connectivity index (χ1v) is 10.5. The van der Waals surface area contributed by atoms with Crippen LogP contribution >= 0.6 is 0 Å². The van der Waals surface area contributed by atoms with Crippen molar-refractivity contribution < 1.29 is 42.5 Å². The van der Waals surface area contributed by atoms with Crippen LogP contribution in [0.1, 0.15) is 49.9 Å². The fourth-order valence-electron chi connectivity index (χ4n) is 5.10. The van der Waals surface area contributed by atoms with Crippen molar-refractivity contribution in [2.75, 3.05) is 7.11 Å². The largest absolute Gasteiger partial charge is 0.494 e. The molecule has 0 amide bonds. The average Bonchev–Trinajstić information content (AvgIpc) is 3.29. The summed E-state index contributed by atoms with van der Waals surface area (Å²) in [7, 11) is 1.17. The third-order valence-corrected chi connectivity index (χ3v) is 6.47. The molecule has 2 aromatic rings. The van der Waals surface area contributed by atoms with Crippen LogP contribution in [0.4, 0.5) is 13.2 Å². The Labute approximate surface area is 197 Å². The number of aromatic nitrogens is 1. The third kappa shape index (κ3) is 3.25. The normalized spacial score (nSPS) is 26.7. The summed E-state index contributed by atoms with van der Waals surface area (Å²) in [4.78, 5) is 18.4. The standard InChI is InChI=1S/C23H22F3N3O6/c1-10(2)28-34-17-16(20(32)33-5)21(3)14-15(22(17,4)35-21)19(31)29(18(14)30)12-7-6-11(9-27)13(8-12)23(24,25)26/h6-8,16-17,30-31H,1-5H3/t16-,17+,21?,22?/m0/s1. The van der Waals surface area contributed by atoms with E-state index < -0.39 is 58.3 Å². The molecule has 2 aliphatic rings. The van der Waals surface area contributed by atoms with E-state index >= 15 is 0 Å². The highest BCUT2D eigenvalue weighted by molar-refractivity contribution is 5.80. The summed E-state index contributed by atoms with van der Waals surface area (Å²) >= 11 is 0. The van der Waals surface area contributed by atoms with Gasteiger partial charge in [0.25, 0.3) is 0 Å². The molecule has 1 fully saturated rings. The number of halogens is 3. The Morgan fingerprint density at radius 1 is 1.20 bits per heavy atom. The minimum Gasteiger partial charge on any atom is -0.494 e. The lowest BCUT2D eigenvalue weighted by Crippen LogP contribution is -2.46. The molecule has 35 heavy (non-hydrogen) atoms. The Hall–Kier alpha value is -3.72. The molecule has 3 heterocycles. The van der Waals surface area contributed by atoms with Gasteiger partial charge in [0, 0.05) is 0 Å². The molecule has 0 radical (unpaired) electrons. The average molecular weight is 493 g/mol. The van der Waals surface area contributed by atoms with E-state index in [1.807, 2.05) is 0 Å². The number of esters is 1. The van der Waals surface area contributed by atoms with Crippen LogP contribution in [-0.2, 0) is 36.5 Å². The number of fused-ring (bicyclic) bond motifs is 5. The molecule has 4 rings (SSSR count). The Balaban J connectivity index is 1.97. The van der Waals surface area contributed by atoms with Crippen LogP contribution in [0.3, 0.4) is 0 Å². The van der Waals surface area contributed by atoms with E-state index in [-0.39, 0.29) is 16.8 Å². The number of benzene rings is 1. The van der Waals surface area contributed by atoms with Crippen molar-refractivity contribution in [1.29, 1.82) is 5.26 Å². The lowest BCUT2D eigenvalue weighted by molar-refractivity contribution is -0.155. The van der Waals surface area contributed by atoms with Crippen molar-refractivity contribution in [3.05, 3.63) is 40.5 Å². The van der Waals surface area contributed by atoms with Gasteiger partial charge in [-0.3, -0.25) is 9.36 Å². The van der Waals surface area contributed by atoms with E-state index in [1.54, 1.807) is 13.8 Å². The van der Waals surface area contributed by atoms with Gasteiger partial charge in [-0.2, -0.15) is 18.4 Å². The number of oxime groups is 1. The van der Waals surface area contributed by atoms with Gasteiger partial charge in [-0.15, -0.1) is 0 Å². The van der Waals surface area contributed by atoms with Gasteiger partial charge < -0.3 is 24.5 Å². The highest BCUT2D eigenvalue weighted by Crippen LogP contribution is 2.67. The second-order valence-electron chi connectivity index (χ2n) is 8.95. The predicted molar refractivity (Wildman–Crippen MR) is 114 cm³/mol. The third-order valence-electron chi connectivity index (χ3n) is 6.47. The van der Waals surface area contributed by atoms with Gasteiger partial charge in [0.15, 0.2) is 6.10 Å². The predicted octanol–water partition coefficient (Wildman–Crippen LogP) is 3.82. The van der Waals surface area contributed by atoms with Crippen molar-refractivity contribution in [2.24, 2.45) is 11.1 Å². The number of ether oxygens (including phenoxy) is 2. The summed E-state index contributed by atoms with van der Waals surface area (Å²) in [5, 5.41) is 35.3. The zero-order valence-electron chi connectivity index (χ0n) is 19.4. The number of hydrogen-bond acceptors (Lipinski definition) is 8. The molecule has 186 valence electrons. The van der Waals surface area contributed by atoms with E-state index in [1.165, 1.54) is 27.0 Å². The van der Waals surface area contributed by atoms with Crippen LogP contribution in [0, 0.1) is 17.2 Å². The number of alkyl halides is 3. The van der Waals surface area contributed by atoms with Crippen LogP contribution in [0.5, 0.6) is 11.8 Å². The Kier molecular flexibility index (Phi) is 5.33. The summed E-state index contributed by atoms with van der Waals surface area (Å²) in [5.41, 5.74) is -4.58. The van der Waals surface area contributed by atoms with Crippen LogP contribution < -0.4 is 0 Å². The number of nitrogens with zero attached hydrogens (tertiary/aromatic N) is 3. The van der Waals surface area contributed by atoms with Gasteiger partial charge in [0.05, 0.1) is 46.8 Å². The summed E-state index contributed by atoms with van der Waals surface area (Å²) < 4.78 is 52.5. The van der Waals surface area contributed by atoms with E-state index in [4.69, 9.17) is 19.6 Å². The van der Waals surface area contributed by atoms with E-state index in [9.17, 15) is 28.2 Å². The molecule has 1 saturated heterocycles. The molecule has 1 aromatic carbocycles. The fourth-order valence-corrected chi connectivity index (χ4v) is 5.10. The highest BCUT2D eigenvalue weighted by atomic mass is 19.4. The number of hydrogen-bond donors (Lipinski definition) is 2. The van der Waals surface area contributed by atoms with Crippen molar-refractivity contribution in [1.82, 2.24) is 4.57 Å². The number of aromatic hydroxyl groups is 2. The van der Waals surface area contributed by atoms with Gasteiger partial charge >= 0.3 is 12.1 Å². The maximum atomic E-state index is 13.5. The molecule has 12 heteroatoms. The molecule has 4 atom stereocenters. The lowest BCUT2D eigenvalue weighted by Gasteiger charge is -2.32. The maximum Gasteiger partial charge on any atom is 0.417 e. The fraction of sp³-hybridized carbons (Fsp3) is 0.435. The second kappa shape index (κ2) is 7.64. The zero-order valence-corrected chi connectivity index (χ0v) is 19.4. The molecular formula is C23H22F3N3O6. The van der Waals surface area contributed by atoms with Crippen molar-refractivity contribution in [2.45, 2.75) is 51.2 Å². The molecule has 0 spiro atoms. The minimum absolute atomic E-state index is 0.0165. The quantitative estimate of drug-likeness (QED) is 0.377. The molecule has 0 saturated carbocycles. The van der Waals surface area contributed by atoms with Gasteiger partial charge in [-0.25, -0.2) is 0 Å². The SMILES string of the molecule is COC(=O)[C@@H]1[C@@H](ON=C(C)C)C2(C)OC1(C)c1c2c(O)n(-c2ccc(C#N)c(C(F)(F)F)c2)c1O. The zero-order chi connectivity index (χ0) is 26.1. The molecule has 0 aliphatic carbocycles. The molecule has 9 nitrogen and oxygen atoms in total. The maximum absolute atomic E-state index is 13.5. The number of carbonyl (C=O) groups excluding carboxylic acids is 1. The Morgan fingerprint density at radius 3 is 2.31 bits per heavy atom. The van der Waals surface area contributed by atoms with Crippen molar-refractivity contribution in [3.63, 3.8) is 0 Å². The monoisotopic (exact) mass is 493 g/mol. The number of methoxy groups -OCH3 is 1. The van der Waals surface area contributed by atoms with Crippen molar-refractivity contribution in [3.8, 4) is 23.5 Å². The lowest BCUT2D eigenvalue weighted by atomic mass is 9.70. The smallest absolute Gasteiger partial charge is 0.417 e. The summed E-state index contributed by atoms with van der Waals surface area (Å²) in [6, 6.07) is 4.24. The Bertz CT molecular complexity index is 1310. The summed E-state index contributed by atoms with van der Waals surface area (Å²) in [6.07, 6.45) is -5.94. The first-order valence-electron chi connectivity index (χ1n) is 10.5. The topological polar surface area (TPSA) is 126 Å². The van der Waals surface area contributed by atoms with Crippen LogP contribution in [0.25, 0.3) is 5.69 Å². The van der Waals surface area contributed by atoms with Gasteiger partial charge in [0.2, 0.25) is 11.8 Å². The van der Waals surface area contributed by atoms with E-state index in [2.05, 4.69) is 5.16 Å². The molecular weight excluding hydrogens is 471 g/mol. The van der Waals surface area contributed by atoms with Gasteiger partial charge in [-0.1, -0.05) is 5.16 Å². The van der Waals surface area contributed by atoms with E-state index in [0.29, 0.717) is 11.8 Å². The second-order valence-corrected chi connectivity index (χ2v) is 8.95. The van der Waals surface area contributed by atoms with Crippen LogP contribution in [-0.4, -0.2) is 39.7 Å². The molecule has 2 bridgehead atoms. The molecule has 2 N–H and O–H groups in total. The minimum atomic E-state index is -4.85. The number of rotatable bonds is 4. The van der Waals surface area contributed by atoms with E-state index in [0.717, 1.165) is 16.7 Å². The number of carbonyl (C=O) groups is 1. The van der Waals surface area contributed by atoms with Gasteiger partial charge in [0.1, 0.15) is 17.1 Å².